The van der Waals surface area contributed by atoms with Crippen LogP contribution in [-0.4, -0.2) is 15.4 Å². The minimum atomic E-state index is -0.480. The number of nitriles is 2. The van der Waals surface area contributed by atoms with Gasteiger partial charge in [-0.2, -0.15) is 10.5 Å². The molecule has 0 fully saturated rings. The Kier molecular flexibility index (Phi) is 3.57. The number of hydrogen-bond acceptors (Lipinski definition) is 4. The van der Waals surface area contributed by atoms with Crippen LogP contribution in [-0.2, 0) is 6.42 Å². The molecule has 0 unspecified atom stereocenters. The van der Waals surface area contributed by atoms with Gasteiger partial charge in [0.1, 0.15) is 17.4 Å². The first-order valence-electron chi connectivity index (χ1n) is 6.83. The van der Waals surface area contributed by atoms with E-state index >= 15 is 0 Å². The van der Waals surface area contributed by atoms with E-state index in [1.54, 1.807) is 10.6 Å². The highest BCUT2D eigenvalue weighted by atomic mass is 15.0. The van der Waals surface area contributed by atoms with Gasteiger partial charge >= 0.3 is 0 Å². The minimum Gasteiger partial charge on any atom is -0.316 e. The summed E-state index contributed by atoms with van der Waals surface area (Å²) >= 11 is 0. The van der Waals surface area contributed by atoms with E-state index in [9.17, 15) is 0 Å². The Morgan fingerprint density at radius 1 is 1.09 bits per heavy atom. The van der Waals surface area contributed by atoms with Crippen molar-refractivity contribution < 1.29 is 0 Å². The second kappa shape index (κ2) is 5.69. The van der Waals surface area contributed by atoms with E-state index in [2.05, 4.69) is 11.1 Å². The molecule has 5 nitrogen and oxygen atoms in total. The zero-order valence-electron chi connectivity index (χ0n) is 11.8. The van der Waals surface area contributed by atoms with Crippen LogP contribution in [0.4, 0.5) is 0 Å². The molecular formula is C17H13N5. The maximum Gasteiger partial charge on any atom is 0.144 e. The number of pyridine rings is 1. The van der Waals surface area contributed by atoms with E-state index in [0.29, 0.717) is 12.1 Å². The molecule has 2 aromatic heterocycles. The molecule has 22 heavy (non-hydrogen) atoms. The van der Waals surface area contributed by atoms with Crippen LogP contribution in [0.15, 0.2) is 48.8 Å². The van der Waals surface area contributed by atoms with Gasteiger partial charge in [-0.05, 0) is 28.8 Å². The maximum absolute atomic E-state index is 9.08. The lowest BCUT2D eigenvalue weighted by atomic mass is 10.0. The quantitative estimate of drug-likeness (QED) is 0.800. The molecule has 0 saturated carbocycles. The highest BCUT2D eigenvalue weighted by Gasteiger charge is 2.06. The highest BCUT2D eigenvalue weighted by molar-refractivity contribution is 5.65. The number of imidazole rings is 1. The number of nitrogens with two attached hydrogens (primary N) is 1. The van der Waals surface area contributed by atoms with Crippen LogP contribution in [0, 0.1) is 22.7 Å². The molecule has 0 radical (unpaired) electrons. The van der Waals surface area contributed by atoms with Gasteiger partial charge in [-0.3, -0.25) is 4.40 Å². The zero-order chi connectivity index (χ0) is 15.5. The van der Waals surface area contributed by atoms with Crippen molar-refractivity contribution >= 4 is 5.65 Å². The molecule has 1 atom stereocenters. The summed E-state index contributed by atoms with van der Waals surface area (Å²) in [5.41, 5.74) is 9.95. The van der Waals surface area contributed by atoms with Crippen molar-refractivity contribution in [1.29, 1.82) is 10.5 Å². The fourth-order valence-corrected chi connectivity index (χ4v) is 2.37. The average molecular weight is 287 g/mol. The van der Waals surface area contributed by atoms with E-state index < -0.39 is 6.04 Å². The fourth-order valence-electron chi connectivity index (χ4n) is 2.37. The second-order valence-corrected chi connectivity index (χ2v) is 5.04. The highest BCUT2D eigenvalue weighted by Crippen LogP contribution is 2.21. The standard InChI is InChI=1S/C17H13N5/c18-8-15(20)7-12-1-3-13(4-2-12)14-5-6-17-21-10-16(9-19)22(17)11-14/h1-6,10-11,15H,7,20H2/t15-/m0/s1. The predicted molar refractivity (Wildman–Crippen MR) is 82.6 cm³/mol. The minimum absolute atomic E-state index is 0.480. The van der Waals surface area contributed by atoms with E-state index in [-0.39, 0.29) is 0 Å². The van der Waals surface area contributed by atoms with Gasteiger partial charge in [0.15, 0.2) is 0 Å². The van der Waals surface area contributed by atoms with Crippen LogP contribution in [0.3, 0.4) is 0 Å². The molecule has 2 N–H and O–H groups in total. The summed E-state index contributed by atoms with van der Waals surface area (Å²) in [5, 5.41) is 17.8. The third-order valence-electron chi connectivity index (χ3n) is 3.53. The topological polar surface area (TPSA) is 90.9 Å². The molecule has 3 aromatic rings. The van der Waals surface area contributed by atoms with Gasteiger partial charge in [0.05, 0.1) is 18.3 Å². The second-order valence-electron chi connectivity index (χ2n) is 5.04. The van der Waals surface area contributed by atoms with Gasteiger partial charge in [0, 0.05) is 12.6 Å². The van der Waals surface area contributed by atoms with Crippen LogP contribution < -0.4 is 5.73 Å². The van der Waals surface area contributed by atoms with Gasteiger partial charge in [-0.25, -0.2) is 4.98 Å². The molecule has 0 aliphatic rings. The Balaban J connectivity index is 1.94. The van der Waals surface area contributed by atoms with Crippen LogP contribution in [0.1, 0.15) is 11.3 Å². The molecule has 0 amide bonds. The maximum atomic E-state index is 9.08. The molecule has 0 bridgehead atoms. The van der Waals surface area contributed by atoms with Crippen LogP contribution >= 0.6 is 0 Å². The summed E-state index contributed by atoms with van der Waals surface area (Å²) < 4.78 is 1.77. The lowest BCUT2D eigenvalue weighted by Crippen LogP contribution is -2.19. The molecular weight excluding hydrogens is 274 g/mol. The van der Waals surface area contributed by atoms with E-state index in [0.717, 1.165) is 22.3 Å². The van der Waals surface area contributed by atoms with Crippen molar-refractivity contribution in [3.05, 3.63) is 60.0 Å². The van der Waals surface area contributed by atoms with Gasteiger partial charge in [-0.15, -0.1) is 0 Å². The van der Waals surface area contributed by atoms with Gasteiger partial charge in [-0.1, -0.05) is 24.3 Å². The van der Waals surface area contributed by atoms with Gasteiger partial charge in [0.25, 0.3) is 0 Å². The molecule has 106 valence electrons. The van der Waals surface area contributed by atoms with E-state index in [1.807, 2.05) is 48.7 Å². The Labute approximate surface area is 127 Å². The third kappa shape index (κ3) is 2.54. The molecule has 5 heteroatoms. The number of nitrogens with zero attached hydrogens (tertiary/aromatic N) is 4. The predicted octanol–water partition coefficient (Wildman–Crippen LogP) is 2.27. The Bertz CT molecular complexity index is 893. The third-order valence-corrected chi connectivity index (χ3v) is 3.53. The monoisotopic (exact) mass is 287 g/mol. The molecule has 0 saturated heterocycles. The summed E-state index contributed by atoms with van der Waals surface area (Å²) in [4.78, 5) is 4.18. The summed E-state index contributed by atoms with van der Waals surface area (Å²) in [6.45, 7) is 0. The Morgan fingerprint density at radius 3 is 2.50 bits per heavy atom. The Morgan fingerprint density at radius 2 is 1.82 bits per heavy atom. The van der Waals surface area contributed by atoms with Crippen molar-refractivity contribution in [2.45, 2.75) is 12.5 Å². The lowest BCUT2D eigenvalue weighted by molar-refractivity contribution is 0.823. The Hall–Kier alpha value is -3.15. The van der Waals surface area contributed by atoms with Crippen molar-refractivity contribution in [2.75, 3.05) is 0 Å². The van der Waals surface area contributed by atoms with Crippen molar-refractivity contribution in [3.63, 3.8) is 0 Å². The van der Waals surface area contributed by atoms with Crippen LogP contribution in [0.25, 0.3) is 16.8 Å². The summed E-state index contributed by atoms with van der Waals surface area (Å²) in [6.07, 6.45) is 4.00. The van der Waals surface area contributed by atoms with Crippen molar-refractivity contribution in [3.8, 4) is 23.3 Å². The number of hydrogen-bond donors (Lipinski definition) is 1. The zero-order valence-corrected chi connectivity index (χ0v) is 11.8. The largest absolute Gasteiger partial charge is 0.316 e. The van der Waals surface area contributed by atoms with Crippen molar-refractivity contribution in [1.82, 2.24) is 9.38 Å². The number of fused-ring (bicyclic) bond motifs is 1. The van der Waals surface area contributed by atoms with Crippen LogP contribution in [0.5, 0.6) is 0 Å². The first-order valence-corrected chi connectivity index (χ1v) is 6.83. The summed E-state index contributed by atoms with van der Waals surface area (Å²) in [5.74, 6) is 0. The number of benzene rings is 1. The smallest absolute Gasteiger partial charge is 0.144 e. The number of aromatic nitrogens is 2. The van der Waals surface area contributed by atoms with E-state index in [1.165, 1.54) is 0 Å². The lowest BCUT2D eigenvalue weighted by Gasteiger charge is -2.06. The molecule has 2 heterocycles. The summed E-state index contributed by atoms with van der Waals surface area (Å²) in [7, 11) is 0. The van der Waals surface area contributed by atoms with Crippen LogP contribution in [0.2, 0.25) is 0 Å². The SMILES string of the molecule is N#Cc1cnc2ccc(-c3ccc(C[C@H](N)C#N)cc3)cn12. The van der Waals surface area contributed by atoms with E-state index in [4.69, 9.17) is 16.3 Å². The normalized spacial score (nSPS) is 11.8. The molecule has 3 rings (SSSR count). The fraction of sp³-hybridized carbons (Fsp3) is 0.118. The molecule has 0 spiro atoms. The molecule has 0 aliphatic carbocycles. The summed E-state index contributed by atoms with van der Waals surface area (Å²) in [6, 6.07) is 15.4. The molecule has 1 aromatic carbocycles. The first kappa shape index (κ1) is 13.8. The number of rotatable bonds is 3. The van der Waals surface area contributed by atoms with Gasteiger partial charge < -0.3 is 5.73 Å². The first-order chi connectivity index (χ1) is 10.7. The average Bonchev–Trinajstić information content (AvgIpc) is 2.97. The van der Waals surface area contributed by atoms with Crippen molar-refractivity contribution in [2.24, 2.45) is 5.73 Å². The van der Waals surface area contributed by atoms with Gasteiger partial charge in [0.2, 0.25) is 0 Å². The molecule has 0 aliphatic heterocycles.